The van der Waals surface area contributed by atoms with Crippen LogP contribution in [0.25, 0.3) is 0 Å². The van der Waals surface area contributed by atoms with Crippen molar-refractivity contribution < 1.29 is 13.2 Å². The average Bonchev–Trinajstić information content (AvgIpc) is 2.67. The zero-order chi connectivity index (χ0) is 11.6. The van der Waals surface area contributed by atoms with Crippen molar-refractivity contribution in [3.8, 4) is 0 Å². The number of alkyl halides is 3. The van der Waals surface area contributed by atoms with Crippen LogP contribution in [0.5, 0.6) is 0 Å². The molecular weight excluding hydrogens is 223 g/mol. The third kappa shape index (κ3) is 2.27. The summed E-state index contributed by atoms with van der Waals surface area (Å²) in [5.74, 6) is 0.418. The first-order valence-corrected chi connectivity index (χ1v) is 4.21. The molecule has 0 unspecified atom stereocenters. The number of aromatic amines is 1. The van der Waals surface area contributed by atoms with Gasteiger partial charge in [0.05, 0.1) is 0 Å². The highest BCUT2D eigenvalue weighted by Crippen LogP contribution is 2.29. The number of hydrogen-bond donors (Lipinski definition) is 2. The number of nitrogens with zero attached hydrogens (tertiary/aromatic N) is 3. The molecule has 2 heterocycles. The molecular formula is C8H6F3N5. The second kappa shape index (κ2) is 3.80. The number of halogens is 3. The lowest BCUT2D eigenvalue weighted by Gasteiger charge is -2.00. The highest BCUT2D eigenvalue weighted by Gasteiger charge is 2.33. The molecule has 84 valence electrons. The molecule has 16 heavy (non-hydrogen) atoms. The number of nitrogens with one attached hydrogen (secondary N) is 2. The summed E-state index contributed by atoms with van der Waals surface area (Å²) < 4.78 is 36.6. The van der Waals surface area contributed by atoms with Crippen molar-refractivity contribution in [1.82, 2.24) is 20.2 Å². The summed E-state index contributed by atoms with van der Waals surface area (Å²) in [4.78, 5) is 7.46. The minimum absolute atomic E-state index is 0.0472. The lowest BCUT2D eigenvalue weighted by atomic mass is 10.4. The molecule has 0 aliphatic carbocycles. The molecule has 2 aromatic heterocycles. The number of anilines is 2. The summed E-state index contributed by atoms with van der Waals surface area (Å²) in [6.45, 7) is 0. The van der Waals surface area contributed by atoms with Gasteiger partial charge in [-0.15, -0.1) is 0 Å². The zero-order valence-corrected chi connectivity index (χ0v) is 7.78. The molecule has 2 N–H and O–H groups in total. The molecule has 5 nitrogen and oxygen atoms in total. The maximum atomic E-state index is 12.2. The third-order valence-electron chi connectivity index (χ3n) is 1.72. The van der Waals surface area contributed by atoms with E-state index in [4.69, 9.17) is 0 Å². The second-order valence-corrected chi connectivity index (χ2v) is 2.88. The van der Waals surface area contributed by atoms with Crippen LogP contribution in [0, 0.1) is 0 Å². The average molecular weight is 229 g/mol. The Labute approximate surface area is 87.7 Å². The molecule has 0 aromatic carbocycles. The largest absolute Gasteiger partial charge is 0.432 e. The maximum Gasteiger partial charge on any atom is 0.432 e. The van der Waals surface area contributed by atoms with Crippen LogP contribution in [0.15, 0.2) is 24.7 Å². The van der Waals surface area contributed by atoms with Gasteiger partial charge < -0.3 is 5.32 Å². The number of H-pyrrole nitrogens is 1. The van der Waals surface area contributed by atoms with Gasteiger partial charge in [-0.1, -0.05) is 0 Å². The van der Waals surface area contributed by atoms with Crippen LogP contribution < -0.4 is 5.32 Å². The van der Waals surface area contributed by atoms with Gasteiger partial charge in [0, 0.05) is 12.3 Å². The van der Waals surface area contributed by atoms with E-state index in [1.54, 1.807) is 0 Å². The molecule has 2 aromatic rings. The Hall–Kier alpha value is -2.12. The molecule has 0 radical (unpaired) electrons. The van der Waals surface area contributed by atoms with Gasteiger partial charge in [0.2, 0.25) is 0 Å². The Morgan fingerprint density at radius 1 is 1.25 bits per heavy atom. The molecule has 0 saturated carbocycles. The van der Waals surface area contributed by atoms with Crippen LogP contribution in [0.4, 0.5) is 24.8 Å². The van der Waals surface area contributed by atoms with Crippen LogP contribution in [0.3, 0.4) is 0 Å². The summed E-state index contributed by atoms with van der Waals surface area (Å²) >= 11 is 0. The lowest BCUT2D eigenvalue weighted by Crippen LogP contribution is -2.04. The molecule has 0 bridgehead atoms. The van der Waals surface area contributed by atoms with Crippen LogP contribution >= 0.6 is 0 Å². The molecule has 0 fully saturated rings. The summed E-state index contributed by atoms with van der Waals surface area (Å²) in [7, 11) is 0. The zero-order valence-electron chi connectivity index (χ0n) is 7.78. The van der Waals surface area contributed by atoms with E-state index in [1.165, 1.54) is 18.6 Å². The fourth-order valence-electron chi connectivity index (χ4n) is 1.03. The molecule has 0 spiro atoms. The predicted octanol–water partition coefficient (Wildman–Crippen LogP) is 1.96. The lowest BCUT2D eigenvalue weighted by molar-refractivity contribution is -0.141. The molecule has 8 heteroatoms. The van der Waals surface area contributed by atoms with E-state index in [9.17, 15) is 13.2 Å². The molecule has 0 aliphatic heterocycles. The summed E-state index contributed by atoms with van der Waals surface area (Å²) in [5.41, 5.74) is -0.913. The SMILES string of the molecule is FC(F)(F)c1cc(Nc2ccncn2)n[nH]1. The van der Waals surface area contributed by atoms with Crippen LogP contribution in [-0.2, 0) is 6.18 Å². The van der Waals surface area contributed by atoms with Gasteiger partial charge in [0.1, 0.15) is 17.8 Å². The first-order valence-electron chi connectivity index (χ1n) is 4.21. The first kappa shape index (κ1) is 10.4. The van der Waals surface area contributed by atoms with Crippen LogP contribution in [-0.4, -0.2) is 20.2 Å². The number of hydrogen-bond acceptors (Lipinski definition) is 4. The van der Waals surface area contributed by atoms with E-state index in [0.717, 1.165) is 6.07 Å². The molecule has 0 amide bonds. The Morgan fingerprint density at radius 2 is 2.06 bits per heavy atom. The van der Waals surface area contributed by atoms with E-state index >= 15 is 0 Å². The summed E-state index contributed by atoms with van der Waals surface area (Å²) in [6.07, 6.45) is -1.69. The van der Waals surface area contributed by atoms with Crippen LogP contribution in [0.1, 0.15) is 5.69 Å². The van der Waals surface area contributed by atoms with E-state index in [1.807, 2.05) is 5.10 Å². The Bertz CT molecular complexity index is 464. The fraction of sp³-hybridized carbons (Fsp3) is 0.125. The standard InChI is InChI=1S/C8H6F3N5/c9-8(10,11)5-3-7(16-15-5)14-6-1-2-12-4-13-6/h1-4H,(H2,12,13,14,15,16). The van der Waals surface area contributed by atoms with Gasteiger partial charge in [-0.05, 0) is 6.07 Å². The molecule has 2 rings (SSSR count). The Balaban J connectivity index is 2.15. The number of aromatic nitrogens is 4. The van der Waals surface area contributed by atoms with E-state index in [2.05, 4.69) is 20.4 Å². The predicted molar refractivity (Wildman–Crippen MR) is 48.9 cm³/mol. The first-order chi connectivity index (χ1) is 7.55. The van der Waals surface area contributed by atoms with Gasteiger partial charge >= 0.3 is 6.18 Å². The van der Waals surface area contributed by atoms with Crippen molar-refractivity contribution in [2.24, 2.45) is 0 Å². The Morgan fingerprint density at radius 3 is 2.62 bits per heavy atom. The third-order valence-corrected chi connectivity index (χ3v) is 1.72. The van der Waals surface area contributed by atoms with Crippen molar-refractivity contribution in [3.05, 3.63) is 30.4 Å². The van der Waals surface area contributed by atoms with E-state index < -0.39 is 11.9 Å². The highest BCUT2D eigenvalue weighted by molar-refractivity contribution is 5.50. The monoisotopic (exact) mass is 229 g/mol. The minimum atomic E-state index is -4.43. The Kier molecular flexibility index (Phi) is 2.47. The summed E-state index contributed by atoms with van der Waals surface area (Å²) in [6, 6.07) is 2.38. The minimum Gasteiger partial charge on any atom is -0.323 e. The van der Waals surface area contributed by atoms with Gasteiger partial charge in [-0.3, -0.25) is 5.10 Å². The smallest absolute Gasteiger partial charge is 0.323 e. The van der Waals surface area contributed by atoms with Crippen molar-refractivity contribution in [2.45, 2.75) is 6.18 Å². The molecule has 0 aliphatic rings. The van der Waals surface area contributed by atoms with Crippen molar-refractivity contribution in [2.75, 3.05) is 5.32 Å². The van der Waals surface area contributed by atoms with Gasteiger partial charge in [-0.2, -0.15) is 18.3 Å². The normalized spacial score (nSPS) is 11.4. The maximum absolute atomic E-state index is 12.2. The topological polar surface area (TPSA) is 66.5 Å². The van der Waals surface area contributed by atoms with Gasteiger partial charge in [0.15, 0.2) is 5.82 Å². The van der Waals surface area contributed by atoms with Crippen molar-refractivity contribution in [1.29, 1.82) is 0 Å². The number of rotatable bonds is 2. The quantitative estimate of drug-likeness (QED) is 0.826. The fourth-order valence-corrected chi connectivity index (χ4v) is 1.03. The van der Waals surface area contributed by atoms with Crippen molar-refractivity contribution in [3.63, 3.8) is 0 Å². The highest BCUT2D eigenvalue weighted by atomic mass is 19.4. The van der Waals surface area contributed by atoms with Crippen LogP contribution in [0.2, 0.25) is 0 Å². The van der Waals surface area contributed by atoms with Gasteiger partial charge in [-0.25, -0.2) is 9.97 Å². The van der Waals surface area contributed by atoms with E-state index in [-0.39, 0.29) is 5.82 Å². The van der Waals surface area contributed by atoms with Crippen molar-refractivity contribution >= 4 is 11.6 Å². The van der Waals surface area contributed by atoms with E-state index in [0.29, 0.717) is 5.82 Å². The molecule has 0 atom stereocenters. The summed E-state index contributed by atoms with van der Waals surface area (Å²) in [5, 5.41) is 7.95. The van der Waals surface area contributed by atoms with Gasteiger partial charge in [0.25, 0.3) is 0 Å². The molecule has 0 saturated heterocycles. The second-order valence-electron chi connectivity index (χ2n) is 2.88.